The maximum atomic E-state index is 5.84. The second kappa shape index (κ2) is 7.33. The zero-order valence-electron chi connectivity index (χ0n) is 12.8. The summed E-state index contributed by atoms with van der Waals surface area (Å²) < 4.78 is 11.6. The Morgan fingerprint density at radius 3 is 2.95 bits per heavy atom. The van der Waals surface area contributed by atoms with Gasteiger partial charge in [-0.25, -0.2) is 9.97 Å². The molecule has 1 fully saturated rings. The number of hydrogen-bond donors (Lipinski definition) is 0. The highest BCUT2D eigenvalue weighted by molar-refractivity contribution is 5.20. The number of hydrogen-bond acceptors (Lipinski definition) is 5. The van der Waals surface area contributed by atoms with Gasteiger partial charge in [0.05, 0.1) is 12.3 Å². The Bertz CT molecular complexity index is 591. The van der Waals surface area contributed by atoms with Crippen LogP contribution in [0.15, 0.2) is 42.6 Å². The lowest BCUT2D eigenvalue weighted by Crippen LogP contribution is -2.40. The highest BCUT2D eigenvalue weighted by atomic mass is 16.5. The quantitative estimate of drug-likeness (QED) is 0.847. The van der Waals surface area contributed by atoms with Gasteiger partial charge >= 0.3 is 0 Å². The predicted molar refractivity (Wildman–Crippen MR) is 83.8 cm³/mol. The lowest BCUT2D eigenvalue weighted by molar-refractivity contribution is -0.0350. The van der Waals surface area contributed by atoms with Crippen LogP contribution >= 0.6 is 0 Å². The van der Waals surface area contributed by atoms with Gasteiger partial charge in [-0.15, -0.1) is 0 Å². The van der Waals surface area contributed by atoms with Crippen molar-refractivity contribution < 1.29 is 9.47 Å². The van der Waals surface area contributed by atoms with Crippen LogP contribution in [-0.2, 0) is 4.74 Å². The van der Waals surface area contributed by atoms with E-state index in [0.29, 0.717) is 6.61 Å². The van der Waals surface area contributed by atoms with Crippen molar-refractivity contribution in [2.75, 3.05) is 32.8 Å². The van der Waals surface area contributed by atoms with Gasteiger partial charge < -0.3 is 9.47 Å². The molecular weight excluding hydrogens is 278 g/mol. The SMILES string of the molecule is Cc1nccc([C@@H]2CN(CCOc3ccccc3)CCO2)n1. The molecule has 1 aliphatic rings. The van der Waals surface area contributed by atoms with Crippen molar-refractivity contribution in [3.8, 4) is 5.75 Å². The molecule has 0 spiro atoms. The summed E-state index contributed by atoms with van der Waals surface area (Å²) >= 11 is 0. The molecule has 2 aromatic rings. The van der Waals surface area contributed by atoms with E-state index in [0.717, 1.165) is 43.5 Å². The topological polar surface area (TPSA) is 47.5 Å². The molecule has 1 aromatic heterocycles. The Morgan fingerprint density at radius 2 is 2.14 bits per heavy atom. The first-order chi connectivity index (χ1) is 10.8. The fourth-order valence-electron chi connectivity index (χ4n) is 2.55. The average molecular weight is 299 g/mol. The van der Waals surface area contributed by atoms with Crippen LogP contribution in [0.5, 0.6) is 5.75 Å². The number of benzene rings is 1. The molecule has 1 aromatic carbocycles. The minimum absolute atomic E-state index is 0.0205. The zero-order valence-corrected chi connectivity index (χ0v) is 12.8. The number of morpholine rings is 1. The molecule has 0 N–H and O–H groups in total. The maximum absolute atomic E-state index is 5.84. The number of aryl methyl sites for hydroxylation is 1. The molecule has 5 heteroatoms. The third-order valence-electron chi connectivity index (χ3n) is 3.70. The monoisotopic (exact) mass is 299 g/mol. The van der Waals surface area contributed by atoms with Crippen molar-refractivity contribution in [2.45, 2.75) is 13.0 Å². The van der Waals surface area contributed by atoms with Gasteiger partial charge in [-0.1, -0.05) is 18.2 Å². The number of aromatic nitrogens is 2. The summed E-state index contributed by atoms with van der Waals surface area (Å²) in [5.41, 5.74) is 0.959. The Morgan fingerprint density at radius 1 is 1.27 bits per heavy atom. The van der Waals surface area contributed by atoms with Crippen LogP contribution in [-0.4, -0.2) is 47.7 Å². The predicted octanol–water partition coefficient (Wildman–Crippen LogP) is 2.24. The molecule has 116 valence electrons. The number of ether oxygens (including phenoxy) is 2. The zero-order chi connectivity index (χ0) is 15.2. The van der Waals surface area contributed by atoms with Crippen molar-refractivity contribution in [2.24, 2.45) is 0 Å². The highest BCUT2D eigenvalue weighted by Gasteiger charge is 2.23. The maximum Gasteiger partial charge on any atom is 0.125 e. The van der Waals surface area contributed by atoms with Crippen LogP contribution in [0, 0.1) is 6.92 Å². The molecule has 2 heterocycles. The molecule has 0 unspecified atom stereocenters. The lowest BCUT2D eigenvalue weighted by atomic mass is 10.2. The van der Waals surface area contributed by atoms with Gasteiger partial charge in [-0.2, -0.15) is 0 Å². The Hall–Kier alpha value is -1.98. The van der Waals surface area contributed by atoms with E-state index in [4.69, 9.17) is 9.47 Å². The summed E-state index contributed by atoms with van der Waals surface area (Å²) in [5.74, 6) is 1.70. The van der Waals surface area contributed by atoms with E-state index in [-0.39, 0.29) is 6.10 Å². The molecule has 1 atom stereocenters. The first-order valence-corrected chi connectivity index (χ1v) is 7.62. The summed E-state index contributed by atoms with van der Waals surface area (Å²) in [6.07, 6.45) is 1.81. The molecule has 3 rings (SSSR count). The minimum atomic E-state index is 0.0205. The Labute approximate surface area is 130 Å². The van der Waals surface area contributed by atoms with Crippen LogP contribution in [0.3, 0.4) is 0 Å². The van der Waals surface area contributed by atoms with Crippen molar-refractivity contribution in [3.63, 3.8) is 0 Å². The number of rotatable bonds is 5. The van der Waals surface area contributed by atoms with Crippen molar-refractivity contribution >= 4 is 0 Å². The third kappa shape index (κ3) is 4.02. The fourth-order valence-corrected chi connectivity index (χ4v) is 2.55. The van der Waals surface area contributed by atoms with E-state index in [9.17, 15) is 0 Å². The standard InChI is InChI=1S/C17H21N3O2/c1-14-18-8-7-16(19-14)17-13-20(10-12-22-17)9-11-21-15-5-3-2-4-6-15/h2-8,17H,9-13H2,1H3/t17-/m0/s1. The fraction of sp³-hybridized carbons (Fsp3) is 0.412. The molecular formula is C17H21N3O2. The number of nitrogens with zero attached hydrogens (tertiary/aromatic N) is 3. The molecule has 5 nitrogen and oxygen atoms in total. The van der Waals surface area contributed by atoms with E-state index >= 15 is 0 Å². The van der Waals surface area contributed by atoms with Gasteiger partial charge in [0.2, 0.25) is 0 Å². The van der Waals surface area contributed by atoms with Crippen LogP contribution in [0.2, 0.25) is 0 Å². The van der Waals surface area contributed by atoms with Gasteiger partial charge in [-0.05, 0) is 25.1 Å². The van der Waals surface area contributed by atoms with E-state index in [1.807, 2.05) is 43.3 Å². The number of para-hydroxylation sites is 1. The summed E-state index contributed by atoms with van der Waals surface area (Å²) in [7, 11) is 0. The average Bonchev–Trinajstić information content (AvgIpc) is 2.56. The molecule has 0 amide bonds. The van der Waals surface area contributed by atoms with Crippen LogP contribution < -0.4 is 4.74 Å². The summed E-state index contributed by atoms with van der Waals surface area (Å²) in [6, 6.07) is 11.8. The molecule has 1 aliphatic heterocycles. The smallest absolute Gasteiger partial charge is 0.125 e. The van der Waals surface area contributed by atoms with E-state index in [2.05, 4.69) is 14.9 Å². The lowest BCUT2D eigenvalue weighted by Gasteiger charge is -2.32. The largest absolute Gasteiger partial charge is 0.492 e. The van der Waals surface area contributed by atoms with E-state index in [1.165, 1.54) is 0 Å². The molecule has 0 saturated carbocycles. The van der Waals surface area contributed by atoms with E-state index in [1.54, 1.807) is 6.20 Å². The first-order valence-electron chi connectivity index (χ1n) is 7.62. The highest BCUT2D eigenvalue weighted by Crippen LogP contribution is 2.20. The van der Waals surface area contributed by atoms with Gasteiger partial charge in [0, 0.05) is 25.8 Å². The normalized spacial score (nSPS) is 19.0. The molecule has 22 heavy (non-hydrogen) atoms. The second-order valence-corrected chi connectivity index (χ2v) is 5.35. The molecule has 0 radical (unpaired) electrons. The van der Waals surface area contributed by atoms with Gasteiger partial charge in [0.1, 0.15) is 24.3 Å². The van der Waals surface area contributed by atoms with Crippen LogP contribution in [0.1, 0.15) is 17.6 Å². The summed E-state index contributed by atoms with van der Waals surface area (Å²) in [5, 5.41) is 0. The van der Waals surface area contributed by atoms with Gasteiger partial charge in [-0.3, -0.25) is 4.90 Å². The summed E-state index contributed by atoms with van der Waals surface area (Å²) in [4.78, 5) is 11.0. The molecule has 0 bridgehead atoms. The van der Waals surface area contributed by atoms with E-state index < -0.39 is 0 Å². The van der Waals surface area contributed by atoms with Crippen LogP contribution in [0.4, 0.5) is 0 Å². The van der Waals surface area contributed by atoms with Gasteiger partial charge in [0.25, 0.3) is 0 Å². The molecule has 0 aliphatic carbocycles. The first kappa shape index (κ1) is 14.9. The van der Waals surface area contributed by atoms with Crippen molar-refractivity contribution in [1.82, 2.24) is 14.9 Å². The molecule has 1 saturated heterocycles. The third-order valence-corrected chi connectivity index (χ3v) is 3.70. The van der Waals surface area contributed by atoms with Gasteiger partial charge in [0.15, 0.2) is 0 Å². The second-order valence-electron chi connectivity index (χ2n) is 5.35. The van der Waals surface area contributed by atoms with Crippen molar-refractivity contribution in [3.05, 3.63) is 54.1 Å². The van der Waals surface area contributed by atoms with Crippen LogP contribution in [0.25, 0.3) is 0 Å². The Kier molecular flexibility index (Phi) is 4.98. The minimum Gasteiger partial charge on any atom is -0.492 e. The summed E-state index contributed by atoms with van der Waals surface area (Å²) in [6.45, 7) is 5.96. The van der Waals surface area contributed by atoms with Crippen molar-refractivity contribution in [1.29, 1.82) is 0 Å². The Balaban J connectivity index is 1.50.